The molecule has 1 aromatic rings. The first kappa shape index (κ1) is 14.2. The van der Waals surface area contributed by atoms with Gasteiger partial charge in [0, 0.05) is 25.3 Å². The van der Waals surface area contributed by atoms with Crippen LogP contribution in [0.5, 0.6) is 0 Å². The Morgan fingerprint density at radius 2 is 2.24 bits per heavy atom. The Morgan fingerprint density at radius 1 is 1.41 bits per heavy atom. The van der Waals surface area contributed by atoms with Gasteiger partial charge in [-0.2, -0.15) is 0 Å². The van der Waals surface area contributed by atoms with Crippen LogP contribution >= 0.6 is 0 Å². The van der Waals surface area contributed by atoms with Gasteiger partial charge in [0.15, 0.2) is 0 Å². The fraction of sp³-hybridized carbons (Fsp3) is 0.692. The molecule has 0 aromatic carbocycles. The molecule has 0 aliphatic heterocycles. The van der Waals surface area contributed by atoms with Gasteiger partial charge in [-0.15, -0.1) is 0 Å². The van der Waals surface area contributed by atoms with E-state index in [2.05, 4.69) is 30.3 Å². The SMILES string of the molecule is CCNCc1coc(CN(C)CCOCC)c1. The second-order valence-electron chi connectivity index (χ2n) is 4.14. The third kappa shape index (κ3) is 5.86. The standard InChI is InChI=1S/C13H24N2O2/c1-4-14-9-12-8-13(17-11-12)10-15(3)6-7-16-5-2/h8,11,14H,4-7,9-10H2,1-3H3. The molecule has 0 bridgehead atoms. The second-order valence-corrected chi connectivity index (χ2v) is 4.14. The van der Waals surface area contributed by atoms with Crippen LogP contribution in [0.2, 0.25) is 0 Å². The molecule has 1 heterocycles. The molecule has 0 amide bonds. The van der Waals surface area contributed by atoms with Gasteiger partial charge < -0.3 is 14.5 Å². The summed E-state index contributed by atoms with van der Waals surface area (Å²) in [5, 5.41) is 3.28. The summed E-state index contributed by atoms with van der Waals surface area (Å²) in [6.45, 7) is 9.29. The third-order valence-electron chi connectivity index (χ3n) is 2.53. The molecule has 1 aromatic heterocycles. The number of rotatable bonds is 9. The zero-order valence-corrected chi connectivity index (χ0v) is 11.2. The van der Waals surface area contributed by atoms with Gasteiger partial charge >= 0.3 is 0 Å². The molecule has 0 radical (unpaired) electrons. The summed E-state index contributed by atoms with van der Waals surface area (Å²) < 4.78 is 10.8. The molecule has 0 atom stereocenters. The molecule has 98 valence electrons. The lowest BCUT2D eigenvalue weighted by Crippen LogP contribution is -2.22. The van der Waals surface area contributed by atoms with Crippen molar-refractivity contribution in [3.8, 4) is 0 Å². The fourth-order valence-electron chi connectivity index (χ4n) is 1.58. The molecule has 0 aliphatic carbocycles. The van der Waals surface area contributed by atoms with Crippen LogP contribution in [-0.2, 0) is 17.8 Å². The van der Waals surface area contributed by atoms with Crippen LogP contribution in [0.25, 0.3) is 0 Å². The maximum Gasteiger partial charge on any atom is 0.118 e. The van der Waals surface area contributed by atoms with E-state index in [1.54, 1.807) is 0 Å². The number of likely N-dealkylation sites (N-methyl/N-ethyl adjacent to an activating group) is 1. The highest BCUT2D eigenvalue weighted by Gasteiger charge is 2.05. The number of nitrogens with one attached hydrogen (secondary N) is 1. The maximum absolute atomic E-state index is 5.52. The van der Waals surface area contributed by atoms with E-state index in [9.17, 15) is 0 Å². The van der Waals surface area contributed by atoms with Crippen LogP contribution in [-0.4, -0.2) is 38.3 Å². The molecule has 0 unspecified atom stereocenters. The molecule has 17 heavy (non-hydrogen) atoms. The average molecular weight is 240 g/mol. The number of hydrogen-bond donors (Lipinski definition) is 1. The summed E-state index contributed by atoms with van der Waals surface area (Å²) in [6.07, 6.45) is 1.83. The molecule has 0 spiro atoms. The van der Waals surface area contributed by atoms with E-state index >= 15 is 0 Å². The Balaban J connectivity index is 2.27. The zero-order chi connectivity index (χ0) is 12.5. The summed E-state index contributed by atoms with van der Waals surface area (Å²) in [6, 6.07) is 2.11. The van der Waals surface area contributed by atoms with E-state index in [4.69, 9.17) is 9.15 Å². The molecule has 4 nitrogen and oxygen atoms in total. The van der Waals surface area contributed by atoms with Gasteiger partial charge in [0.05, 0.1) is 19.4 Å². The highest BCUT2D eigenvalue weighted by Crippen LogP contribution is 2.09. The van der Waals surface area contributed by atoms with Crippen LogP contribution in [0.1, 0.15) is 25.2 Å². The van der Waals surface area contributed by atoms with Gasteiger partial charge in [0.25, 0.3) is 0 Å². The Kier molecular flexibility index (Phi) is 6.93. The number of furan rings is 1. The van der Waals surface area contributed by atoms with Crippen LogP contribution in [0.4, 0.5) is 0 Å². The maximum atomic E-state index is 5.52. The van der Waals surface area contributed by atoms with E-state index in [-0.39, 0.29) is 0 Å². The number of hydrogen-bond acceptors (Lipinski definition) is 4. The molecule has 0 fully saturated rings. The lowest BCUT2D eigenvalue weighted by Gasteiger charge is -2.14. The number of ether oxygens (including phenoxy) is 1. The third-order valence-corrected chi connectivity index (χ3v) is 2.53. The van der Waals surface area contributed by atoms with Crippen LogP contribution < -0.4 is 5.32 Å². The van der Waals surface area contributed by atoms with E-state index in [1.165, 1.54) is 5.56 Å². The lowest BCUT2D eigenvalue weighted by atomic mass is 10.3. The highest BCUT2D eigenvalue weighted by atomic mass is 16.5. The normalized spacial score (nSPS) is 11.3. The van der Waals surface area contributed by atoms with Gasteiger partial charge in [0.2, 0.25) is 0 Å². The molecule has 1 N–H and O–H groups in total. The molecular weight excluding hydrogens is 216 g/mol. The minimum atomic E-state index is 0.776. The largest absolute Gasteiger partial charge is 0.468 e. The smallest absolute Gasteiger partial charge is 0.118 e. The van der Waals surface area contributed by atoms with Crippen LogP contribution in [0.3, 0.4) is 0 Å². The van der Waals surface area contributed by atoms with Crippen molar-refractivity contribution in [2.24, 2.45) is 0 Å². The number of nitrogens with zero attached hydrogens (tertiary/aromatic N) is 1. The van der Waals surface area contributed by atoms with Crippen molar-refractivity contribution in [2.75, 3.05) is 33.4 Å². The summed E-state index contributed by atoms with van der Waals surface area (Å²) in [4.78, 5) is 2.20. The van der Waals surface area contributed by atoms with Gasteiger partial charge in [-0.3, -0.25) is 4.90 Å². The Labute approximate surface area is 104 Å². The van der Waals surface area contributed by atoms with E-state index in [0.717, 1.165) is 45.2 Å². The molecule has 0 saturated carbocycles. The molecule has 0 aliphatic rings. The van der Waals surface area contributed by atoms with Crippen molar-refractivity contribution in [2.45, 2.75) is 26.9 Å². The van der Waals surface area contributed by atoms with E-state index in [0.29, 0.717) is 0 Å². The van der Waals surface area contributed by atoms with E-state index in [1.807, 2.05) is 13.2 Å². The zero-order valence-electron chi connectivity index (χ0n) is 11.2. The fourth-order valence-corrected chi connectivity index (χ4v) is 1.58. The monoisotopic (exact) mass is 240 g/mol. The van der Waals surface area contributed by atoms with Crippen molar-refractivity contribution < 1.29 is 9.15 Å². The van der Waals surface area contributed by atoms with Gasteiger partial charge in [-0.25, -0.2) is 0 Å². The Bertz CT molecular complexity index is 299. The minimum Gasteiger partial charge on any atom is -0.468 e. The average Bonchev–Trinajstić information content (AvgIpc) is 2.74. The lowest BCUT2D eigenvalue weighted by molar-refractivity contribution is 0.118. The first-order chi connectivity index (χ1) is 8.26. The minimum absolute atomic E-state index is 0.776. The quantitative estimate of drug-likeness (QED) is 0.669. The van der Waals surface area contributed by atoms with Crippen LogP contribution in [0.15, 0.2) is 16.7 Å². The highest BCUT2D eigenvalue weighted by molar-refractivity contribution is 5.12. The first-order valence-corrected chi connectivity index (χ1v) is 6.29. The van der Waals surface area contributed by atoms with Gasteiger partial charge in [-0.05, 0) is 26.6 Å². The molecule has 0 saturated heterocycles. The summed E-state index contributed by atoms with van der Waals surface area (Å²) in [5.74, 6) is 1.01. The van der Waals surface area contributed by atoms with Gasteiger partial charge in [-0.1, -0.05) is 6.92 Å². The Hall–Kier alpha value is -0.840. The summed E-state index contributed by atoms with van der Waals surface area (Å²) >= 11 is 0. The van der Waals surface area contributed by atoms with Crippen molar-refractivity contribution in [3.05, 3.63) is 23.7 Å². The second kappa shape index (κ2) is 8.28. The van der Waals surface area contributed by atoms with Crippen molar-refractivity contribution >= 4 is 0 Å². The van der Waals surface area contributed by atoms with Crippen molar-refractivity contribution in [1.29, 1.82) is 0 Å². The van der Waals surface area contributed by atoms with E-state index < -0.39 is 0 Å². The van der Waals surface area contributed by atoms with Crippen molar-refractivity contribution in [1.82, 2.24) is 10.2 Å². The molecule has 1 rings (SSSR count). The topological polar surface area (TPSA) is 37.6 Å². The van der Waals surface area contributed by atoms with Crippen LogP contribution in [0, 0.1) is 0 Å². The summed E-state index contributed by atoms with van der Waals surface area (Å²) in [7, 11) is 2.07. The molecular formula is C13H24N2O2. The van der Waals surface area contributed by atoms with Gasteiger partial charge in [0.1, 0.15) is 5.76 Å². The first-order valence-electron chi connectivity index (χ1n) is 6.29. The Morgan fingerprint density at radius 3 is 2.94 bits per heavy atom. The predicted molar refractivity (Wildman–Crippen MR) is 68.9 cm³/mol. The predicted octanol–water partition coefficient (Wildman–Crippen LogP) is 1.86. The van der Waals surface area contributed by atoms with Crippen molar-refractivity contribution in [3.63, 3.8) is 0 Å². The molecule has 4 heteroatoms. The summed E-state index contributed by atoms with van der Waals surface area (Å²) in [5.41, 5.74) is 1.21.